The minimum atomic E-state index is 0.746. The maximum Gasteiger partial charge on any atom is 0.178 e. The Bertz CT molecular complexity index is 763. The molecule has 0 spiro atoms. The number of nitrogens with zero attached hydrogens (tertiary/aromatic N) is 3. The lowest BCUT2D eigenvalue weighted by molar-refractivity contribution is 0.763. The third-order valence-electron chi connectivity index (χ3n) is 3.03. The second-order valence-electron chi connectivity index (χ2n) is 4.56. The number of hydrogen-bond acceptors (Lipinski definition) is 2. The summed E-state index contributed by atoms with van der Waals surface area (Å²) in [5, 5.41) is 4.18. The van der Waals surface area contributed by atoms with Crippen molar-refractivity contribution in [3.05, 3.63) is 46.5 Å². The Labute approximate surface area is 110 Å². The Balaban J connectivity index is 2.13. The Morgan fingerprint density at radius 3 is 2.94 bits per heavy atom. The maximum atomic E-state index is 5.38. The van der Waals surface area contributed by atoms with E-state index >= 15 is 0 Å². The molecule has 1 aromatic carbocycles. The lowest BCUT2D eigenvalue weighted by atomic mass is 10.2. The standard InChI is InChI=1S/C13H14N4S/c1-9-3-4-11-12(5-9)17(13(18)15-11)8-10-6-14-16(2)7-10/h3-7H,8H2,1-2H3,(H,15,18). The molecule has 3 aromatic rings. The molecule has 0 amide bonds. The number of benzene rings is 1. The molecule has 0 radical (unpaired) electrons. The molecule has 18 heavy (non-hydrogen) atoms. The second-order valence-corrected chi connectivity index (χ2v) is 4.95. The number of nitrogens with one attached hydrogen (secondary N) is 1. The summed E-state index contributed by atoms with van der Waals surface area (Å²) < 4.78 is 4.66. The maximum absolute atomic E-state index is 5.38. The summed E-state index contributed by atoms with van der Waals surface area (Å²) in [6.45, 7) is 2.83. The van der Waals surface area contributed by atoms with Crippen molar-refractivity contribution < 1.29 is 0 Å². The Kier molecular flexibility index (Phi) is 2.56. The van der Waals surface area contributed by atoms with E-state index in [9.17, 15) is 0 Å². The summed E-state index contributed by atoms with van der Waals surface area (Å²) in [6.07, 6.45) is 3.88. The molecule has 0 atom stereocenters. The zero-order chi connectivity index (χ0) is 12.7. The van der Waals surface area contributed by atoms with Crippen molar-refractivity contribution in [3.8, 4) is 0 Å². The lowest BCUT2D eigenvalue weighted by Gasteiger charge is -2.02. The molecule has 3 rings (SSSR count). The van der Waals surface area contributed by atoms with Crippen molar-refractivity contribution in [3.63, 3.8) is 0 Å². The van der Waals surface area contributed by atoms with Gasteiger partial charge in [0.25, 0.3) is 0 Å². The molecule has 5 heteroatoms. The van der Waals surface area contributed by atoms with Crippen molar-refractivity contribution in [2.45, 2.75) is 13.5 Å². The van der Waals surface area contributed by atoms with Crippen LogP contribution in [0.15, 0.2) is 30.6 Å². The van der Waals surface area contributed by atoms with Crippen LogP contribution in [0.5, 0.6) is 0 Å². The van der Waals surface area contributed by atoms with Crippen molar-refractivity contribution in [2.24, 2.45) is 7.05 Å². The highest BCUT2D eigenvalue weighted by Crippen LogP contribution is 2.17. The fraction of sp³-hybridized carbons (Fsp3) is 0.231. The molecule has 2 heterocycles. The first kappa shape index (κ1) is 11.2. The number of aryl methyl sites for hydroxylation is 2. The molecule has 0 unspecified atom stereocenters. The first-order chi connectivity index (χ1) is 8.63. The third-order valence-corrected chi connectivity index (χ3v) is 3.35. The number of imidazole rings is 1. The first-order valence-corrected chi connectivity index (χ1v) is 6.21. The molecule has 0 saturated carbocycles. The number of aromatic amines is 1. The van der Waals surface area contributed by atoms with Gasteiger partial charge in [0.1, 0.15) is 0 Å². The van der Waals surface area contributed by atoms with E-state index in [-0.39, 0.29) is 0 Å². The molecule has 4 nitrogen and oxygen atoms in total. The first-order valence-electron chi connectivity index (χ1n) is 5.80. The second kappa shape index (κ2) is 4.10. The van der Waals surface area contributed by atoms with Crippen molar-refractivity contribution in [2.75, 3.05) is 0 Å². The van der Waals surface area contributed by atoms with Crippen LogP contribution in [0, 0.1) is 11.7 Å². The van der Waals surface area contributed by atoms with Crippen LogP contribution in [-0.2, 0) is 13.6 Å². The molecule has 0 saturated heterocycles. The van der Waals surface area contributed by atoms with E-state index in [0.29, 0.717) is 0 Å². The van der Waals surface area contributed by atoms with E-state index in [2.05, 4.69) is 39.8 Å². The fourth-order valence-corrected chi connectivity index (χ4v) is 2.43. The van der Waals surface area contributed by atoms with Crippen LogP contribution in [0.2, 0.25) is 0 Å². The molecule has 1 N–H and O–H groups in total. The van der Waals surface area contributed by atoms with Crippen LogP contribution >= 0.6 is 12.2 Å². The van der Waals surface area contributed by atoms with Gasteiger partial charge in [-0.15, -0.1) is 0 Å². The number of H-pyrrole nitrogens is 1. The molecule has 0 aliphatic heterocycles. The Hall–Kier alpha value is -1.88. The van der Waals surface area contributed by atoms with Crippen molar-refractivity contribution in [1.29, 1.82) is 0 Å². The summed E-state index contributed by atoms with van der Waals surface area (Å²) in [5.74, 6) is 0. The number of rotatable bonds is 2. The van der Waals surface area contributed by atoms with Gasteiger partial charge in [-0.1, -0.05) is 6.07 Å². The normalized spacial score (nSPS) is 11.2. The minimum absolute atomic E-state index is 0.746. The van der Waals surface area contributed by atoms with Gasteiger partial charge in [0.15, 0.2) is 4.77 Å². The summed E-state index contributed by atoms with van der Waals surface area (Å²) in [4.78, 5) is 3.23. The highest BCUT2D eigenvalue weighted by molar-refractivity contribution is 7.71. The average molecular weight is 258 g/mol. The predicted octanol–water partition coefficient (Wildman–Crippen LogP) is 2.79. The summed E-state index contributed by atoms with van der Waals surface area (Å²) >= 11 is 5.38. The summed E-state index contributed by atoms with van der Waals surface area (Å²) in [7, 11) is 1.92. The number of fused-ring (bicyclic) bond motifs is 1. The molecule has 0 aliphatic rings. The molecule has 92 valence electrons. The molecule has 2 aromatic heterocycles. The molecule has 0 fully saturated rings. The molecule has 0 bridgehead atoms. The van der Waals surface area contributed by atoms with Crippen LogP contribution in [0.1, 0.15) is 11.1 Å². The van der Waals surface area contributed by atoms with Gasteiger partial charge in [-0.3, -0.25) is 4.68 Å². The summed E-state index contributed by atoms with van der Waals surface area (Å²) in [6, 6.07) is 6.31. The van der Waals surface area contributed by atoms with Crippen LogP contribution in [-0.4, -0.2) is 19.3 Å². The van der Waals surface area contributed by atoms with E-state index in [1.165, 1.54) is 5.56 Å². The SMILES string of the molecule is Cc1ccc2[nH]c(=S)n(Cc3cnn(C)c3)c2c1. The third kappa shape index (κ3) is 1.86. The fourth-order valence-electron chi connectivity index (χ4n) is 2.16. The number of hydrogen-bond donors (Lipinski definition) is 1. The van der Waals surface area contributed by atoms with E-state index in [4.69, 9.17) is 12.2 Å². The molecular formula is C13H14N4S. The van der Waals surface area contributed by atoms with Gasteiger partial charge in [0.05, 0.1) is 23.8 Å². The highest BCUT2D eigenvalue weighted by atomic mass is 32.1. The van der Waals surface area contributed by atoms with Crippen molar-refractivity contribution in [1.82, 2.24) is 19.3 Å². The number of aromatic nitrogens is 4. The molecule has 0 aliphatic carbocycles. The van der Waals surface area contributed by atoms with Crippen molar-refractivity contribution >= 4 is 23.3 Å². The topological polar surface area (TPSA) is 38.5 Å². The lowest BCUT2D eigenvalue weighted by Crippen LogP contribution is -1.98. The van der Waals surface area contributed by atoms with Crippen LogP contribution in [0.25, 0.3) is 11.0 Å². The van der Waals surface area contributed by atoms with E-state index in [1.807, 2.05) is 19.4 Å². The minimum Gasteiger partial charge on any atom is -0.331 e. The van der Waals surface area contributed by atoms with Gasteiger partial charge < -0.3 is 9.55 Å². The van der Waals surface area contributed by atoms with Crippen LogP contribution < -0.4 is 0 Å². The Morgan fingerprint density at radius 1 is 1.39 bits per heavy atom. The zero-order valence-corrected chi connectivity index (χ0v) is 11.2. The zero-order valence-electron chi connectivity index (χ0n) is 10.3. The van der Waals surface area contributed by atoms with Gasteiger partial charge >= 0.3 is 0 Å². The highest BCUT2D eigenvalue weighted by Gasteiger charge is 2.06. The Morgan fingerprint density at radius 2 is 2.22 bits per heavy atom. The van der Waals surface area contributed by atoms with Gasteiger partial charge in [-0.25, -0.2) is 0 Å². The van der Waals surface area contributed by atoms with Gasteiger partial charge in [-0.05, 0) is 36.8 Å². The average Bonchev–Trinajstić information content (AvgIpc) is 2.86. The van der Waals surface area contributed by atoms with Gasteiger partial charge in [0, 0.05) is 18.8 Å². The van der Waals surface area contributed by atoms with Gasteiger partial charge in [0.2, 0.25) is 0 Å². The van der Waals surface area contributed by atoms with E-state index < -0.39 is 0 Å². The monoisotopic (exact) mass is 258 g/mol. The van der Waals surface area contributed by atoms with E-state index in [1.54, 1.807) is 4.68 Å². The summed E-state index contributed by atoms with van der Waals surface area (Å²) in [5.41, 5.74) is 4.60. The van der Waals surface area contributed by atoms with Gasteiger partial charge in [-0.2, -0.15) is 5.10 Å². The van der Waals surface area contributed by atoms with Crippen LogP contribution in [0.3, 0.4) is 0 Å². The molecular weight excluding hydrogens is 244 g/mol. The quantitative estimate of drug-likeness (QED) is 0.718. The predicted molar refractivity (Wildman–Crippen MR) is 74.2 cm³/mol. The smallest absolute Gasteiger partial charge is 0.178 e. The largest absolute Gasteiger partial charge is 0.331 e. The van der Waals surface area contributed by atoms with Crippen LogP contribution in [0.4, 0.5) is 0 Å². The van der Waals surface area contributed by atoms with E-state index in [0.717, 1.165) is 27.9 Å².